The lowest BCUT2D eigenvalue weighted by Crippen LogP contribution is -1.92. The maximum absolute atomic E-state index is 12.1. The first kappa shape index (κ1) is 18.4. The van der Waals surface area contributed by atoms with Crippen LogP contribution in [0.3, 0.4) is 0 Å². The third kappa shape index (κ3) is 9.89. The van der Waals surface area contributed by atoms with E-state index >= 15 is 0 Å². The molecule has 0 heterocycles. The van der Waals surface area contributed by atoms with E-state index in [1.807, 2.05) is 6.08 Å². The maximum Gasteiger partial charge on any atom is 0.354 e. The van der Waals surface area contributed by atoms with E-state index in [1.165, 1.54) is 17.0 Å². The molecule has 0 aromatic rings. The Balaban J connectivity index is 4.43. The van der Waals surface area contributed by atoms with Gasteiger partial charge in [-0.3, -0.25) is 4.57 Å². The van der Waals surface area contributed by atoms with E-state index in [1.54, 1.807) is 19.9 Å². The summed E-state index contributed by atoms with van der Waals surface area (Å²) in [5.41, 5.74) is 2.58. The van der Waals surface area contributed by atoms with Crippen LogP contribution < -0.4 is 0 Å². The van der Waals surface area contributed by atoms with Crippen molar-refractivity contribution in [2.75, 3.05) is 13.2 Å². The fourth-order valence-corrected chi connectivity index (χ4v) is 2.73. The van der Waals surface area contributed by atoms with Crippen molar-refractivity contribution in [2.45, 2.75) is 47.5 Å². The second-order valence-corrected chi connectivity index (χ2v) is 6.44. The van der Waals surface area contributed by atoms with Gasteiger partial charge in [0.1, 0.15) is 0 Å². The van der Waals surface area contributed by atoms with Gasteiger partial charge in [0.05, 0.1) is 13.2 Å². The molecule has 3 nitrogen and oxygen atoms in total. The van der Waals surface area contributed by atoms with E-state index in [-0.39, 0.29) is 0 Å². The molecule has 0 radical (unpaired) electrons. The molecule has 0 bridgehead atoms. The van der Waals surface area contributed by atoms with Gasteiger partial charge in [0.15, 0.2) is 0 Å². The molecule has 4 heteroatoms. The molecule has 0 aliphatic heterocycles. The number of allylic oxidation sites excluding steroid dienone is 5. The molecule has 0 spiro atoms. The highest BCUT2D eigenvalue weighted by Crippen LogP contribution is 2.49. The molecule has 0 amide bonds. The van der Waals surface area contributed by atoms with Crippen LogP contribution in [0.5, 0.6) is 0 Å². The largest absolute Gasteiger partial charge is 0.354 e. The fourth-order valence-electron chi connectivity index (χ4n) is 1.47. The molecule has 0 saturated carbocycles. The first-order valence-electron chi connectivity index (χ1n) is 6.80. The Morgan fingerprint density at radius 2 is 1.68 bits per heavy atom. The third-order valence-corrected chi connectivity index (χ3v) is 4.13. The summed E-state index contributed by atoms with van der Waals surface area (Å²) >= 11 is 0. The first-order valence-corrected chi connectivity index (χ1v) is 8.42. The molecule has 0 unspecified atom stereocenters. The van der Waals surface area contributed by atoms with Crippen LogP contribution in [0.25, 0.3) is 0 Å². The summed E-state index contributed by atoms with van der Waals surface area (Å²) in [7, 11) is -3.05. The molecule has 0 atom stereocenters. The SMILES string of the molecule is CCOP(=O)(C=CC=C(C)CCC=C(C)C)OCC. The topological polar surface area (TPSA) is 35.5 Å². The van der Waals surface area contributed by atoms with Gasteiger partial charge in [-0.25, -0.2) is 0 Å². The predicted octanol–water partition coefficient (Wildman–Crippen LogP) is 5.46. The Hall–Kier alpha value is -0.630. The molecule has 0 aromatic heterocycles. The molecule has 0 saturated heterocycles. The van der Waals surface area contributed by atoms with Gasteiger partial charge in [-0.15, -0.1) is 0 Å². The first-order chi connectivity index (χ1) is 8.93. The van der Waals surface area contributed by atoms with Gasteiger partial charge >= 0.3 is 7.60 Å². The van der Waals surface area contributed by atoms with Crippen molar-refractivity contribution in [2.24, 2.45) is 0 Å². The van der Waals surface area contributed by atoms with E-state index in [0.29, 0.717) is 13.2 Å². The van der Waals surface area contributed by atoms with Gasteiger partial charge in [0.25, 0.3) is 0 Å². The van der Waals surface area contributed by atoms with Crippen molar-refractivity contribution in [3.8, 4) is 0 Å². The highest BCUT2D eigenvalue weighted by molar-refractivity contribution is 7.57. The van der Waals surface area contributed by atoms with Gasteiger partial charge in [-0.1, -0.05) is 29.4 Å². The minimum absolute atomic E-state index is 0.380. The zero-order chi connectivity index (χ0) is 14.7. The van der Waals surface area contributed by atoms with Gasteiger partial charge in [0, 0.05) is 5.82 Å². The summed E-state index contributed by atoms with van der Waals surface area (Å²) in [6.45, 7) is 10.6. The van der Waals surface area contributed by atoms with Crippen LogP contribution in [0.15, 0.2) is 35.2 Å². The van der Waals surface area contributed by atoms with Gasteiger partial charge < -0.3 is 9.05 Å². The van der Waals surface area contributed by atoms with Crippen LogP contribution in [0.4, 0.5) is 0 Å². The molecule has 0 aromatic carbocycles. The third-order valence-electron chi connectivity index (χ3n) is 2.36. The predicted molar refractivity (Wildman–Crippen MR) is 82.4 cm³/mol. The van der Waals surface area contributed by atoms with E-state index in [2.05, 4.69) is 26.8 Å². The van der Waals surface area contributed by atoms with E-state index < -0.39 is 7.60 Å². The lowest BCUT2D eigenvalue weighted by Gasteiger charge is -2.12. The highest BCUT2D eigenvalue weighted by atomic mass is 31.2. The summed E-state index contributed by atoms with van der Waals surface area (Å²) in [6, 6.07) is 0. The smallest absolute Gasteiger partial charge is 0.306 e. The van der Waals surface area contributed by atoms with Crippen molar-refractivity contribution in [3.63, 3.8) is 0 Å². The van der Waals surface area contributed by atoms with Crippen molar-refractivity contribution >= 4 is 7.60 Å². The normalized spacial score (nSPS) is 13.0. The van der Waals surface area contributed by atoms with Gasteiger partial charge in [-0.2, -0.15) is 0 Å². The standard InChI is InChI=1S/C15H27O3P/c1-6-17-19(16,18-7-2)13-9-12-15(5)11-8-10-14(3)4/h9-10,12-13H,6-8,11H2,1-5H3. The second-order valence-electron chi connectivity index (χ2n) is 4.55. The monoisotopic (exact) mass is 286 g/mol. The van der Waals surface area contributed by atoms with Crippen molar-refractivity contribution < 1.29 is 13.6 Å². The lowest BCUT2D eigenvalue weighted by atomic mass is 10.1. The number of rotatable bonds is 9. The average Bonchev–Trinajstić information content (AvgIpc) is 2.28. The quantitative estimate of drug-likeness (QED) is 0.321. The van der Waals surface area contributed by atoms with E-state index in [9.17, 15) is 4.57 Å². The molecule has 0 aliphatic carbocycles. The van der Waals surface area contributed by atoms with E-state index in [0.717, 1.165) is 12.8 Å². The van der Waals surface area contributed by atoms with Gasteiger partial charge in [-0.05, 0) is 47.5 Å². The van der Waals surface area contributed by atoms with Crippen molar-refractivity contribution in [3.05, 3.63) is 35.2 Å². The minimum atomic E-state index is -3.05. The molecule has 0 aliphatic rings. The molecular formula is C15H27O3P. The zero-order valence-electron chi connectivity index (χ0n) is 12.8. The molecule has 0 rings (SSSR count). The summed E-state index contributed by atoms with van der Waals surface area (Å²) in [5, 5.41) is 0. The molecule has 110 valence electrons. The van der Waals surface area contributed by atoms with Crippen LogP contribution >= 0.6 is 7.60 Å². The van der Waals surface area contributed by atoms with Crippen molar-refractivity contribution in [1.29, 1.82) is 0 Å². The molecular weight excluding hydrogens is 259 g/mol. The van der Waals surface area contributed by atoms with Gasteiger partial charge in [0.2, 0.25) is 0 Å². The van der Waals surface area contributed by atoms with Crippen LogP contribution in [-0.4, -0.2) is 13.2 Å². The Bertz CT molecular complexity index is 367. The summed E-state index contributed by atoms with van der Waals surface area (Å²) in [6.07, 6.45) is 7.98. The van der Waals surface area contributed by atoms with E-state index in [4.69, 9.17) is 9.05 Å². The molecule has 0 N–H and O–H groups in total. The molecule has 0 fully saturated rings. The van der Waals surface area contributed by atoms with Crippen LogP contribution in [0, 0.1) is 0 Å². The Labute approximate surface area is 117 Å². The van der Waals surface area contributed by atoms with Crippen LogP contribution in [0.1, 0.15) is 47.5 Å². The number of hydrogen-bond acceptors (Lipinski definition) is 3. The second kappa shape index (κ2) is 10.2. The highest BCUT2D eigenvalue weighted by Gasteiger charge is 2.18. The summed E-state index contributed by atoms with van der Waals surface area (Å²) < 4.78 is 22.5. The molecule has 19 heavy (non-hydrogen) atoms. The fraction of sp³-hybridized carbons (Fsp3) is 0.600. The van der Waals surface area contributed by atoms with Crippen LogP contribution in [0.2, 0.25) is 0 Å². The Morgan fingerprint density at radius 3 is 2.16 bits per heavy atom. The zero-order valence-corrected chi connectivity index (χ0v) is 13.7. The maximum atomic E-state index is 12.1. The number of hydrogen-bond donors (Lipinski definition) is 0. The minimum Gasteiger partial charge on any atom is -0.306 e. The average molecular weight is 286 g/mol. The van der Waals surface area contributed by atoms with Crippen molar-refractivity contribution in [1.82, 2.24) is 0 Å². The summed E-state index contributed by atoms with van der Waals surface area (Å²) in [4.78, 5) is 0. The van der Waals surface area contributed by atoms with Crippen LogP contribution in [-0.2, 0) is 13.6 Å². The Kier molecular flexibility index (Phi) is 9.85. The lowest BCUT2D eigenvalue weighted by molar-refractivity contribution is 0.229. The Morgan fingerprint density at radius 1 is 1.11 bits per heavy atom. The summed E-state index contributed by atoms with van der Waals surface area (Å²) in [5.74, 6) is 1.53.